The summed E-state index contributed by atoms with van der Waals surface area (Å²) < 4.78 is 11.8. The van der Waals surface area contributed by atoms with Crippen LogP contribution in [0.15, 0.2) is 29.6 Å². The highest BCUT2D eigenvalue weighted by Gasteiger charge is 2.40. The molecule has 0 saturated carbocycles. The van der Waals surface area contributed by atoms with E-state index in [0.29, 0.717) is 48.1 Å². The summed E-state index contributed by atoms with van der Waals surface area (Å²) in [4.78, 5) is 69.7. The van der Waals surface area contributed by atoms with Crippen LogP contribution >= 0.6 is 11.3 Å². The van der Waals surface area contributed by atoms with Gasteiger partial charge in [0.15, 0.2) is 0 Å². The van der Waals surface area contributed by atoms with E-state index in [-0.39, 0.29) is 55.5 Å². The lowest BCUT2D eigenvalue weighted by atomic mass is 9.90. The molecule has 2 aromatic rings. The molecule has 8 atom stereocenters. The van der Waals surface area contributed by atoms with E-state index in [1.807, 2.05) is 53.5 Å². The number of amides is 2. The number of aromatic hydroxyl groups is 1. The highest BCUT2D eigenvalue weighted by atomic mass is 32.1. The Balaban J connectivity index is 2.03. The van der Waals surface area contributed by atoms with E-state index >= 15 is 0 Å². The number of phenols is 1. The van der Waals surface area contributed by atoms with Gasteiger partial charge in [-0.2, -0.15) is 0 Å². The fourth-order valence-electron chi connectivity index (χ4n) is 7.97. The number of phenolic OH excluding ortho intramolecular Hbond substituents is 1. The smallest absolute Gasteiger partial charge is 0.307 e. The van der Waals surface area contributed by atoms with E-state index in [4.69, 9.17) is 9.47 Å². The van der Waals surface area contributed by atoms with Crippen LogP contribution in [0.5, 0.6) is 5.75 Å². The van der Waals surface area contributed by atoms with Gasteiger partial charge in [-0.15, -0.1) is 11.3 Å². The molecule has 336 valence electrons. The number of hydrogen-bond acceptors (Lipinski definition) is 12. The number of rotatable bonds is 24. The number of carboxylic acid groups (broad SMARTS) is 1. The number of aliphatic carboxylic acids is 1. The molecule has 1 aromatic carbocycles. The van der Waals surface area contributed by atoms with Crippen LogP contribution in [0.4, 0.5) is 0 Å². The number of likely N-dealkylation sites (tertiary alicyclic amines) is 1. The molecule has 0 bridgehead atoms. The van der Waals surface area contributed by atoms with Gasteiger partial charge in [-0.05, 0) is 87.2 Å². The van der Waals surface area contributed by atoms with Crippen LogP contribution in [-0.4, -0.2) is 106 Å². The van der Waals surface area contributed by atoms with Crippen LogP contribution < -0.4 is 10.6 Å². The van der Waals surface area contributed by atoms with Gasteiger partial charge in [0.25, 0.3) is 5.91 Å². The van der Waals surface area contributed by atoms with Crippen molar-refractivity contribution >= 4 is 41.1 Å². The number of benzene rings is 1. The molecule has 2 amide bonds. The number of piperidine rings is 1. The monoisotopic (exact) mass is 858 g/mol. The number of thiophene rings is 1. The molecular weight excluding hydrogens is 789 g/mol. The quantitative estimate of drug-likeness (QED) is 0.0575. The second-order valence-corrected chi connectivity index (χ2v) is 17.7. The maximum Gasteiger partial charge on any atom is 0.307 e. The van der Waals surface area contributed by atoms with Crippen LogP contribution in [0.25, 0.3) is 0 Å². The van der Waals surface area contributed by atoms with Gasteiger partial charge in [-0.3, -0.25) is 28.9 Å². The molecule has 5 N–H and O–H groups in total. The third kappa shape index (κ3) is 14.6. The second kappa shape index (κ2) is 24.4. The zero-order valence-corrected chi connectivity index (χ0v) is 37.9. The molecule has 60 heavy (non-hydrogen) atoms. The number of hydrogen-bond donors (Lipinski definition) is 5. The van der Waals surface area contributed by atoms with Crippen LogP contribution in [-0.2, 0) is 41.5 Å². The van der Waals surface area contributed by atoms with E-state index in [0.717, 1.165) is 24.9 Å². The minimum absolute atomic E-state index is 0.0959. The lowest BCUT2D eigenvalue weighted by molar-refractivity contribution is -0.167. The standard InChI is InChI=1S/C45H70N4O10S/c1-10-15-39(52)58-26-49(44(55)40(28(6)11-2)47-43(54)36-16-13-14-21-48(36)9)37(27(4)5)24-38(59-30(8)50)41-34(12-3)35(25-60-41)42(53)46-32(22-29(7)45(56)57)23-31-17-19-33(51)20-18-31/h17-20,25,27-29,32,36-38,40,44,51,55H,10-16,21-24,26H2,1-9H3,(H,46,53)(H,47,54)(H,56,57)/t28?,29?,32-,36-,37-,38-,40+,44?/m1/s1. The highest BCUT2D eigenvalue weighted by molar-refractivity contribution is 7.10. The van der Waals surface area contributed by atoms with Crippen LogP contribution in [0.1, 0.15) is 139 Å². The van der Waals surface area contributed by atoms with Gasteiger partial charge >= 0.3 is 17.9 Å². The van der Waals surface area contributed by atoms with Crippen molar-refractivity contribution in [2.24, 2.45) is 17.8 Å². The summed E-state index contributed by atoms with van der Waals surface area (Å²) in [6.45, 7) is 15.1. The molecule has 0 aliphatic carbocycles. The van der Waals surface area contributed by atoms with Crippen molar-refractivity contribution in [3.63, 3.8) is 0 Å². The number of aliphatic hydroxyl groups excluding tert-OH is 1. The van der Waals surface area contributed by atoms with E-state index < -0.39 is 60.2 Å². The van der Waals surface area contributed by atoms with Crippen LogP contribution in [0.2, 0.25) is 0 Å². The van der Waals surface area contributed by atoms with Crippen LogP contribution in [0.3, 0.4) is 0 Å². The maximum atomic E-state index is 14.1. The Kier molecular flexibility index (Phi) is 20.5. The Morgan fingerprint density at radius 3 is 2.25 bits per heavy atom. The molecule has 1 fully saturated rings. The predicted octanol–water partition coefficient (Wildman–Crippen LogP) is 6.42. The van der Waals surface area contributed by atoms with Crippen molar-refractivity contribution in [1.29, 1.82) is 0 Å². The van der Waals surface area contributed by atoms with Gasteiger partial charge in [-0.25, -0.2) is 4.90 Å². The van der Waals surface area contributed by atoms with Gasteiger partial charge < -0.3 is 35.4 Å². The van der Waals surface area contributed by atoms with E-state index in [1.54, 1.807) is 41.5 Å². The molecule has 0 spiro atoms. The minimum atomic E-state index is -1.29. The topological polar surface area (TPSA) is 195 Å². The van der Waals surface area contributed by atoms with Crippen molar-refractivity contribution in [1.82, 2.24) is 20.4 Å². The Morgan fingerprint density at radius 2 is 1.68 bits per heavy atom. The number of nitrogens with one attached hydrogen (secondary N) is 2. The zero-order chi connectivity index (χ0) is 44.7. The molecule has 1 aliphatic rings. The molecule has 3 rings (SSSR count). The number of nitrogens with zero attached hydrogens (tertiary/aromatic N) is 2. The van der Waals surface area contributed by atoms with E-state index in [1.165, 1.54) is 18.3 Å². The van der Waals surface area contributed by atoms with E-state index in [9.17, 15) is 39.3 Å². The Morgan fingerprint density at radius 1 is 1.00 bits per heavy atom. The van der Waals surface area contributed by atoms with Crippen LogP contribution in [0, 0.1) is 17.8 Å². The van der Waals surface area contributed by atoms with Crippen molar-refractivity contribution in [2.75, 3.05) is 20.3 Å². The third-order valence-corrected chi connectivity index (χ3v) is 12.8. The van der Waals surface area contributed by atoms with Gasteiger partial charge in [0.1, 0.15) is 24.8 Å². The number of likely N-dealkylation sites (N-methyl/N-ethyl adjacent to an activating group) is 1. The normalized spacial score (nSPS) is 18.2. The zero-order valence-electron chi connectivity index (χ0n) is 37.1. The maximum absolute atomic E-state index is 14.1. The number of carbonyl (C=O) groups excluding carboxylic acids is 4. The van der Waals surface area contributed by atoms with Crippen molar-refractivity contribution in [3.8, 4) is 5.75 Å². The summed E-state index contributed by atoms with van der Waals surface area (Å²) in [5.74, 6) is -3.48. The molecule has 0 radical (unpaired) electrons. The number of esters is 2. The van der Waals surface area contributed by atoms with E-state index in [2.05, 4.69) is 10.6 Å². The third-order valence-electron chi connectivity index (χ3n) is 11.7. The van der Waals surface area contributed by atoms with Crippen molar-refractivity contribution in [3.05, 3.63) is 51.2 Å². The van der Waals surface area contributed by atoms with Gasteiger partial charge in [0.2, 0.25) is 5.91 Å². The van der Waals surface area contributed by atoms with Crippen molar-refractivity contribution in [2.45, 2.75) is 156 Å². The number of carbonyl (C=O) groups is 5. The second-order valence-electron chi connectivity index (χ2n) is 16.7. The first kappa shape index (κ1) is 50.3. The molecule has 2 heterocycles. The fourth-order valence-corrected chi connectivity index (χ4v) is 9.16. The number of aliphatic hydroxyl groups is 1. The lowest BCUT2D eigenvalue weighted by Gasteiger charge is -2.43. The molecule has 1 aliphatic heterocycles. The van der Waals surface area contributed by atoms with Gasteiger partial charge in [0, 0.05) is 42.1 Å². The first-order chi connectivity index (χ1) is 28.4. The molecular formula is C45H70N4O10S. The summed E-state index contributed by atoms with van der Waals surface area (Å²) in [5.41, 5.74) is 1.87. The van der Waals surface area contributed by atoms with Gasteiger partial charge in [-0.1, -0.05) is 73.4 Å². The highest BCUT2D eigenvalue weighted by Crippen LogP contribution is 2.37. The molecule has 1 saturated heterocycles. The minimum Gasteiger partial charge on any atom is -0.508 e. The summed E-state index contributed by atoms with van der Waals surface area (Å²) in [5, 5.41) is 39.8. The summed E-state index contributed by atoms with van der Waals surface area (Å²) in [6.07, 6.45) is 3.02. The summed E-state index contributed by atoms with van der Waals surface area (Å²) >= 11 is 1.28. The average molecular weight is 859 g/mol. The summed E-state index contributed by atoms with van der Waals surface area (Å²) in [6, 6.07) is 4.40. The lowest BCUT2D eigenvalue weighted by Crippen LogP contribution is -2.61. The Labute approximate surface area is 360 Å². The fraction of sp³-hybridized carbons (Fsp3) is 0.667. The molecule has 14 nitrogen and oxygen atoms in total. The predicted molar refractivity (Wildman–Crippen MR) is 231 cm³/mol. The molecule has 3 unspecified atom stereocenters. The number of carboxylic acids is 1. The van der Waals surface area contributed by atoms with Crippen molar-refractivity contribution < 1.29 is 48.8 Å². The molecule has 1 aromatic heterocycles. The largest absolute Gasteiger partial charge is 0.508 e. The Bertz CT molecular complexity index is 1700. The van der Waals surface area contributed by atoms with Gasteiger partial charge in [0.05, 0.1) is 23.6 Å². The first-order valence-electron chi connectivity index (χ1n) is 21.6. The number of ether oxygens (including phenoxy) is 2. The molecule has 15 heteroatoms. The summed E-state index contributed by atoms with van der Waals surface area (Å²) in [7, 11) is 1.93. The average Bonchev–Trinajstić information content (AvgIpc) is 3.64. The Hall–Kier alpha value is -4.05. The SMILES string of the molecule is CCCC(=O)OCN(C(O)[C@@H](NC(=O)[C@H]1CCCCN1C)C(C)CC)[C@H](C[C@@H](OC(C)=O)c1scc(C(=O)N[C@@H](Cc2ccc(O)cc2)CC(C)C(=O)O)c1CC)C(C)C. The first-order valence-corrected chi connectivity index (χ1v) is 22.5.